The molecular weight excluding hydrogens is 256 g/mol. The molecule has 0 amide bonds. The van der Waals surface area contributed by atoms with E-state index in [1.807, 2.05) is 24.3 Å². The van der Waals surface area contributed by atoms with Crippen LogP contribution in [-0.4, -0.2) is 27.5 Å². The van der Waals surface area contributed by atoms with Gasteiger partial charge >= 0.3 is 5.97 Å². The summed E-state index contributed by atoms with van der Waals surface area (Å²) in [4.78, 5) is 10.9. The van der Waals surface area contributed by atoms with Gasteiger partial charge in [0.2, 0.25) is 0 Å². The molecule has 1 saturated heterocycles. The Bertz CT molecular complexity index is 625. The maximum Gasteiger partial charge on any atom is 0.356 e. The zero-order valence-corrected chi connectivity index (χ0v) is 11.2. The SMILES string of the molecule is Cn1nc(C(=O)O)cc1-c1ccc(C2CCCO2)cc1. The van der Waals surface area contributed by atoms with Gasteiger partial charge in [0, 0.05) is 13.7 Å². The Balaban J connectivity index is 1.88. The van der Waals surface area contributed by atoms with Crippen molar-refractivity contribution < 1.29 is 14.6 Å². The summed E-state index contributed by atoms with van der Waals surface area (Å²) in [5.41, 5.74) is 2.98. The Kier molecular flexibility index (Phi) is 3.28. The number of benzene rings is 1. The van der Waals surface area contributed by atoms with Crippen LogP contribution in [0.15, 0.2) is 30.3 Å². The molecule has 1 fully saturated rings. The fourth-order valence-electron chi connectivity index (χ4n) is 2.55. The molecule has 0 spiro atoms. The lowest BCUT2D eigenvalue weighted by atomic mass is 10.0. The van der Waals surface area contributed by atoms with Gasteiger partial charge in [-0.25, -0.2) is 4.79 Å². The maximum absolute atomic E-state index is 10.9. The zero-order chi connectivity index (χ0) is 14.1. The summed E-state index contributed by atoms with van der Waals surface area (Å²) in [5, 5.41) is 12.9. The predicted molar refractivity (Wildman–Crippen MR) is 73.5 cm³/mol. The molecule has 1 unspecified atom stereocenters. The number of aromatic carboxylic acids is 1. The second-order valence-corrected chi connectivity index (χ2v) is 4.97. The second kappa shape index (κ2) is 5.09. The number of carboxylic acids is 1. The molecule has 1 aliphatic rings. The normalized spacial score (nSPS) is 18.4. The quantitative estimate of drug-likeness (QED) is 0.932. The molecule has 1 atom stereocenters. The van der Waals surface area contributed by atoms with Crippen LogP contribution < -0.4 is 0 Å². The van der Waals surface area contributed by atoms with E-state index in [2.05, 4.69) is 5.10 Å². The number of rotatable bonds is 3. The van der Waals surface area contributed by atoms with Crippen molar-refractivity contribution >= 4 is 5.97 Å². The minimum absolute atomic E-state index is 0.0608. The van der Waals surface area contributed by atoms with Crippen LogP contribution in [0.1, 0.15) is 35.0 Å². The molecule has 104 valence electrons. The van der Waals surface area contributed by atoms with Crippen LogP contribution in [0.4, 0.5) is 0 Å². The van der Waals surface area contributed by atoms with Gasteiger partial charge in [-0.2, -0.15) is 5.10 Å². The van der Waals surface area contributed by atoms with E-state index in [-0.39, 0.29) is 11.8 Å². The molecule has 0 saturated carbocycles. The van der Waals surface area contributed by atoms with Crippen molar-refractivity contribution in [1.29, 1.82) is 0 Å². The molecule has 2 aromatic rings. The average molecular weight is 272 g/mol. The zero-order valence-electron chi connectivity index (χ0n) is 11.2. The number of aromatic nitrogens is 2. The molecular formula is C15H16N2O3. The van der Waals surface area contributed by atoms with Crippen molar-refractivity contribution in [1.82, 2.24) is 9.78 Å². The van der Waals surface area contributed by atoms with Crippen LogP contribution in [0.25, 0.3) is 11.3 Å². The third-order valence-corrected chi connectivity index (χ3v) is 3.61. The van der Waals surface area contributed by atoms with E-state index in [4.69, 9.17) is 9.84 Å². The van der Waals surface area contributed by atoms with Crippen molar-refractivity contribution in [2.45, 2.75) is 18.9 Å². The van der Waals surface area contributed by atoms with E-state index < -0.39 is 5.97 Å². The van der Waals surface area contributed by atoms with E-state index >= 15 is 0 Å². The number of carboxylic acid groups (broad SMARTS) is 1. The van der Waals surface area contributed by atoms with Crippen molar-refractivity contribution in [2.75, 3.05) is 6.61 Å². The van der Waals surface area contributed by atoms with Crippen molar-refractivity contribution in [3.63, 3.8) is 0 Å². The second-order valence-electron chi connectivity index (χ2n) is 4.97. The molecule has 0 radical (unpaired) electrons. The first-order chi connectivity index (χ1) is 9.65. The van der Waals surface area contributed by atoms with E-state index in [1.54, 1.807) is 17.8 Å². The number of carbonyl (C=O) groups is 1. The van der Waals surface area contributed by atoms with Crippen LogP contribution >= 0.6 is 0 Å². The minimum Gasteiger partial charge on any atom is -0.476 e. The first-order valence-electron chi connectivity index (χ1n) is 6.64. The molecule has 1 aromatic heterocycles. The van der Waals surface area contributed by atoms with Crippen LogP contribution in [0.5, 0.6) is 0 Å². The van der Waals surface area contributed by atoms with Crippen LogP contribution in [-0.2, 0) is 11.8 Å². The first-order valence-corrected chi connectivity index (χ1v) is 6.64. The number of ether oxygens (including phenoxy) is 1. The first kappa shape index (κ1) is 12.9. The summed E-state index contributed by atoms with van der Waals surface area (Å²) in [6.45, 7) is 0.829. The Morgan fingerprint density at radius 3 is 2.70 bits per heavy atom. The van der Waals surface area contributed by atoms with Crippen molar-refractivity contribution in [3.05, 3.63) is 41.6 Å². The standard InChI is InChI=1S/C15H16N2O3/c1-17-13(9-12(16-17)15(18)19)10-4-6-11(7-5-10)14-3-2-8-20-14/h4-7,9,14H,2-3,8H2,1H3,(H,18,19). The molecule has 0 bridgehead atoms. The van der Waals surface area contributed by atoms with Gasteiger partial charge in [0.25, 0.3) is 0 Å². The summed E-state index contributed by atoms with van der Waals surface area (Å²) < 4.78 is 7.24. The van der Waals surface area contributed by atoms with Crippen LogP contribution in [0.2, 0.25) is 0 Å². The molecule has 1 aromatic carbocycles. The largest absolute Gasteiger partial charge is 0.476 e. The molecule has 1 N–H and O–H groups in total. The molecule has 0 aliphatic carbocycles. The summed E-state index contributed by atoms with van der Waals surface area (Å²) in [7, 11) is 1.75. The number of hydrogen-bond acceptors (Lipinski definition) is 3. The summed E-state index contributed by atoms with van der Waals surface area (Å²) in [5.74, 6) is -1.01. The van der Waals surface area contributed by atoms with Gasteiger partial charge in [-0.3, -0.25) is 4.68 Å². The summed E-state index contributed by atoms with van der Waals surface area (Å²) in [6, 6.07) is 9.64. The summed E-state index contributed by atoms with van der Waals surface area (Å²) in [6.07, 6.45) is 2.37. The van der Waals surface area contributed by atoms with E-state index in [9.17, 15) is 4.79 Å². The maximum atomic E-state index is 10.9. The predicted octanol–water partition coefficient (Wildman–Crippen LogP) is 2.64. The fraction of sp³-hybridized carbons (Fsp3) is 0.333. The fourth-order valence-corrected chi connectivity index (χ4v) is 2.55. The van der Waals surface area contributed by atoms with Gasteiger partial charge in [0.05, 0.1) is 11.8 Å². The number of nitrogens with zero attached hydrogens (tertiary/aromatic N) is 2. The number of hydrogen-bond donors (Lipinski definition) is 1. The summed E-state index contributed by atoms with van der Waals surface area (Å²) >= 11 is 0. The lowest BCUT2D eigenvalue weighted by molar-refractivity contribution is 0.0689. The van der Waals surface area contributed by atoms with Gasteiger partial charge in [0.15, 0.2) is 5.69 Å². The lowest BCUT2D eigenvalue weighted by Crippen LogP contribution is -1.99. The van der Waals surface area contributed by atoms with E-state index in [0.29, 0.717) is 0 Å². The van der Waals surface area contributed by atoms with Gasteiger partial charge < -0.3 is 9.84 Å². The van der Waals surface area contributed by atoms with Gasteiger partial charge in [-0.15, -0.1) is 0 Å². The Morgan fingerprint density at radius 2 is 2.15 bits per heavy atom. The van der Waals surface area contributed by atoms with Crippen molar-refractivity contribution in [3.8, 4) is 11.3 Å². The third kappa shape index (κ3) is 2.32. The monoisotopic (exact) mass is 272 g/mol. The topological polar surface area (TPSA) is 64.4 Å². The highest BCUT2D eigenvalue weighted by Gasteiger charge is 2.18. The highest BCUT2D eigenvalue weighted by atomic mass is 16.5. The smallest absolute Gasteiger partial charge is 0.356 e. The molecule has 20 heavy (non-hydrogen) atoms. The van der Waals surface area contributed by atoms with E-state index in [0.717, 1.165) is 30.7 Å². The van der Waals surface area contributed by atoms with Crippen LogP contribution in [0, 0.1) is 0 Å². The van der Waals surface area contributed by atoms with Gasteiger partial charge in [-0.05, 0) is 30.0 Å². The lowest BCUT2D eigenvalue weighted by Gasteiger charge is -2.10. The number of aryl methyl sites for hydroxylation is 1. The van der Waals surface area contributed by atoms with E-state index in [1.165, 1.54) is 5.56 Å². The minimum atomic E-state index is -1.01. The highest BCUT2D eigenvalue weighted by Crippen LogP contribution is 2.30. The Labute approximate surface area is 116 Å². The molecule has 2 heterocycles. The highest BCUT2D eigenvalue weighted by molar-refractivity contribution is 5.87. The molecule has 5 heteroatoms. The van der Waals surface area contributed by atoms with Crippen LogP contribution in [0.3, 0.4) is 0 Å². The molecule has 1 aliphatic heterocycles. The molecule has 3 rings (SSSR count). The Morgan fingerprint density at radius 1 is 1.40 bits per heavy atom. The Hall–Kier alpha value is -2.14. The van der Waals surface area contributed by atoms with Gasteiger partial charge in [0.1, 0.15) is 0 Å². The average Bonchev–Trinajstić information content (AvgIpc) is 3.08. The van der Waals surface area contributed by atoms with Crippen molar-refractivity contribution in [2.24, 2.45) is 7.05 Å². The van der Waals surface area contributed by atoms with Gasteiger partial charge in [-0.1, -0.05) is 24.3 Å². The third-order valence-electron chi connectivity index (χ3n) is 3.61. The molecule has 5 nitrogen and oxygen atoms in total.